The maximum Gasteiger partial charge on any atom is 0.194 e. The number of aliphatic imine (C=N–C) groups is 1. The summed E-state index contributed by atoms with van der Waals surface area (Å²) in [7, 11) is 1.94. The summed E-state index contributed by atoms with van der Waals surface area (Å²) in [4.78, 5) is 9.80. The Bertz CT molecular complexity index is 854. The van der Waals surface area contributed by atoms with Gasteiger partial charge in [0.05, 0.1) is 25.9 Å². The molecule has 1 fully saturated rings. The Morgan fingerprint density at radius 3 is 2.93 bits per heavy atom. The van der Waals surface area contributed by atoms with Crippen LogP contribution in [0.2, 0.25) is 0 Å². The predicted molar refractivity (Wildman–Crippen MR) is 132 cm³/mol. The highest BCUT2D eigenvalue weighted by molar-refractivity contribution is 14.0. The highest BCUT2D eigenvalue weighted by Gasteiger charge is 2.26. The van der Waals surface area contributed by atoms with Gasteiger partial charge in [0.1, 0.15) is 6.10 Å². The topological polar surface area (TPSA) is 57.9 Å². The summed E-state index contributed by atoms with van der Waals surface area (Å²) in [5.41, 5.74) is 3.93. The molecule has 1 N–H and O–H groups in total. The number of benzene rings is 1. The number of guanidine groups is 1. The van der Waals surface area contributed by atoms with E-state index >= 15 is 0 Å². The lowest BCUT2D eigenvalue weighted by Crippen LogP contribution is -2.48. The van der Waals surface area contributed by atoms with E-state index in [1.54, 1.807) is 0 Å². The molecule has 3 heterocycles. The lowest BCUT2D eigenvalue weighted by molar-refractivity contribution is -0.00804. The molecule has 1 aromatic carbocycles. The van der Waals surface area contributed by atoms with Crippen molar-refractivity contribution < 1.29 is 4.74 Å². The van der Waals surface area contributed by atoms with Crippen molar-refractivity contribution in [3.05, 3.63) is 47.8 Å². The molecule has 2 unspecified atom stereocenters. The maximum atomic E-state index is 6.00. The number of fused-ring (bicyclic) bond motifs is 1. The van der Waals surface area contributed by atoms with E-state index in [2.05, 4.69) is 58.3 Å². The second-order valence-corrected chi connectivity index (χ2v) is 7.87. The molecule has 0 aliphatic carbocycles. The highest BCUT2D eigenvalue weighted by Crippen LogP contribution is 2.29. The largest absolute Gasteiger partial charge is 0.370 e. The van der Waals surface area contributed by atoms with Gasteiger partial charge in [-0.1, -0.05) is 18.2 Å². The van der Waals surface area contributed by atoms with Gasteiger partial charge in [0.15, 0.2) is 5.96 Å². The number of morpholine rings is 1. The summed E-state index contributed by atoms with van der Waals surface area (Å²) in [6.07, 6.45) is 5.08. The zero-order chi connectivity index (χ0) is 20.2. The molecule has 30 heavy (non-hydrogen) atoms. The molecule has 8 heteroatoms. The number of hydrogen-bond donors (Lipinski definition) is 1. The quantitative estimate of drug-likeness (QED) is 0.371. The van der Waals surface area contributed by atoms with E-state index in [1.807, 2.05) is 24.1 Å². The van der Waals surface area contributed by atoms with E-state index in [9.17, 15) is 0 Å². The van der Waals surface area contributed by atoms with Crippen LogP contribution in [0.4, 0.5) is 5.69 Å². The Hall–Kier alpha value is -1.81. The number of nitrogens with zero attached hydrogens (tertiary/aromatic N) is 5. The van der Waals surface area contributed by atoms with Crippen molar-refractivity contribution in [2.45, 2.75) is 32.4 Å². The summed E-state index contributed by atoms with van der Waals surface area (Å²) in [6, 6.07) is 9.09. The molecule has 2 atom stereocenters. The third-order valence-corrected chi connectivity index (χ3v) is 5.76. The average Bonchev–Trinajstić information content (AvgIpc) is 3.37. The van der Waals surface area contributed by atoms with Crippen molar-refractivity contribution >= 4 is 35.6 Å². The molecular weight excluding hydrogens is 491 g/mol. The third-order valence-electron chi connectivity index (χ3n) is 5.76. The molecule has 0 bridgehead atoms. The van der Waals surface area contributed by atoms with Crippen LogP contribution in [0.15, 0.2) is 41.7 Å². The minimum absolute atomic E-state index is 0. The maximum absolute atomic E-state index is 6.00. The van der Waals surface area contributed by atoms with Gasteiger partial charge in [-0.15, -0.1) is 24.0 Å². The molecule has 0 spiro atoms. The van der Waals surface area contributed by atoms with Crippen molar-refractivity contribution in [3.63, 3.8) is 0 Å². The smallest absolute Gasteiger partial charge is 0.194 e. The minimum atomic E-state index is 0. The lowest BCUT2D eigenvalue weighted by Gasteiger charge is -2.35. The van der Waals surface area contributed by atoms with Crippen molar-refractivity contribution in [2.75, 3.05) is 44.2 Å². The fourth-order valence-electron chi connectivity index (χ4n) is 4.21. The zero-order valence-electron chi connectivity index (χ0n) is 18.1. The van der Waals surface area contributed by atoms with Gasteiger partial charge in [0.2, 0.25) is 0 Å². The fourth-order valence-corrected chi connectivity index (χ4v) is 4.21. The Labute approximate surface area is 196 Å². The van der Waals surface area contributed by atoms with E-state index in [1.165, 1.54) is 11.3 Å². The fraction of sp³-hybridized carbons (Fsp3) is 0.545. The average molecular weight is 524 g/mol. The number of rotatable bonds is 5. The molecule has 0 amide bonds. The summed E-state index contributed by atoms with van der Waals surface area (Å²) in [5, 5.41) is 7.76. The number of nitrogens with one attached hydrogen (secondary N) is 1. The van der Waals surface area contributed by atoms with Crippen LogP contribution in [0, 0.1) is 0 Å². The predicted octanol–water partition coefficient (Wildman–Crippen LogP) is 2.83. The summed E-state index contributed by atoms with van der Waals surface area (Å²) < 4.78 is 7.82. The summed E-state index contributed by atoms with van der Waals surface area (Å²) >= 11 is 0. The van der Waals surface area contributed by atoms with E-state index in [0.29, 0.717) is 12.6 Å². The first-order valence-electron chi connectivity index (χ1n) is 10.6. The summed E-state index contributed by atoms with van der Waals surface area (Å²) in [6.45, 7) is 9.43. The number of aryl methyl sites for hydroxylation is 1. The molecule has 2 aliphatic rings. The van der Waals surface area contributed by atoms with Gasteiger partial charge in [-0.25, -0.2) is 0 Å². The van der Waals surface area contributed by atoms with Crippen LogP contribution in [0.25, 0.3) is 0 Å². The van der Waals surface area contributed by atoms with Crippen molar-refractivity contribution in [1.29, 1.82) is 0 Å². The van der Waals surface area contributed by atoms with Gasteiger partial charge in [-0.05, 0) is 31.9 Å². The van der Waals surface area contributed by atoms with Crippen LogP contribution in [-0.2, 0) is 18.2 Å². The lowest BCUT2D eigenvalue weighted by atomic mass is 10.1. The standard InChI is InChI=1S/C22H32N6O.HI/c1-4-23-22(27-11-12-29-21(16-27)19-14-25-26(3)15-19)24-13-17(2)28-10-9-18-7-5-6-8-20(18)28;/h5-8,14-15,17,21H,4,9-13,16H2,1-3H3,(H,23,24);1H. The van der Waals surface area contributed by atoms with Gasteiger partial charge in [-0.3, -0.25) is 9.67 Å². The Balaban J connectivity index is 0.00000256. The van der Waals surface area contributed by atoms with Crippen LogP contribution in [0.5, 0.6) is 0 Å². The molecule has 1 aromatic heterocycles. The number of anilines is 1. The van der Waals surface area contributed by atoms with E-state index in [0.717, 1.165) is 50.7 Å². The second kappa shape index (κ2) is 10.5. The third kappa shape index (κ3) is 5.08. The molecule has 0 radical (unpaired) electrons. The molecule has 2 aromatic rings. The molecule has 7 nitrogen and oxygen atoms in total. The van der Waals surface area contributed by atoms with Gasteiger partial charge in [0.25, 0.3) is 0 Å². The molecule has 2 aliphatic heterocycles. The first kappa shape index (κ1) is 22.9. The second-order valence-electron chi connectivity index (χ2n) is 7.87. The number of aromatic nitrogens is 2. The van der Waals surface area contributed by atoms with Crippen LogP contribution < -0.4 is 10.2 Å². The van der Waals surface area contributed by atoms with Gasteiger partial charge >= 0.3 is 0 Å². The monoisotopic (exact) mass is 524 g/mol. The van der Waals surface area contributed by atoms with Crippen LogP contribution in [0.3, 0.4) is 0 Å². The SMILES string of the molecule is CCNC(=NCC(C)N1CCc2ccccc21)N1CCOC(c2cnn(C)c2)C1.I. The van der Waals surface area contributed by atoms with Crippen molar-refractivity contribution in [2.24, 2.45) is 12.0 Å². The molecule has 0 saturated carbocycles. The van der Waals surface area contributed by atoms with Crippen LogP contribution >= 0.6 is 24.0 Å². The van der Waals surface area contributed by atoms with Crippen molar-refractivity contribution in [3.8, 4) is 0 Å². The first-order chi connectivity index (χ1) is 14.2. The van der Waals surface area contributed by atoms with Crippen LogP contribution in [0.1, 0.15) is 31.1 Å². The molecular formula is C22H33IN6O. The summed E-state index contributed by atoms with van der Waals surface area (Å²) in [5.74, 6) is 0.976. The first-order valence-corrected chi connectivity index (χ1v) is 10.6. The minimum Gasteiger partial charge on any atom is -0.370 e. The van der Waals surface area contributed by atoms with E-state index in [4.69, 9.17) is 9.73 Å². The number of ether oxygens (including phenoxy) is 1. The number of para-hydroxylation sites is 1. The zero-order valence-corrected chi connectivity index (χ0v) is 20.5. The Kier molecular flexibility index (Phi) is 7.99. The van der Waals surface area contributed by atoms with Crippen LogP contribution in [-0.4, -0.2) is 66.0 Å². The van der Waals surface area contributed by atoms with Gasteiger partial charge in [-0.2, -0.15) is 5.10 Å². The molecule has 1 saturated heterocycles. The normalized spacial score (nSPS) is 20.0. The molecule has 4 rings (SSSR count). The molecule has 164 valence electrons. The Morgan fingerprint density at radius 2 is 2.17 bits per heavy atom. The highest BCUT2D eigenvalue weighted by atomic mass is 127. The van der Waals surface area contributed by atoms with Crippen molar-refractivity contribution in [1.82, 2.24) is 20.0 Å². The van der Waals surface area contributed by atoms with Gasteiger partial charge in [0, 0.05) is 50.2 Å². The van der Waals surface area contributed by atoms with Gasteiger partial charge < -0.3 is 19.9 Å². The van der Waals surface area contributed by atoms with E-state index in [-0.39, 0.29) is 30.1 Å². The van der Waals surface area contributed by atoms with E-state index < -0.39 is 0 Å². The number of halogens is 1. The Morgan fingerprint density at radius 1 is 1.33 bits per heavy atom. The number of hydrogen-bond acceptors (Lipinski definition) is 4.